The number of carbonyl (C=O) groups excluding carboxylic acids is 2. The normalized spacial score (nSPS) is 10.4. The van der Waals surface area contributed by atoms with E-state index in [1.807, 2.05) is 30.3 Å². The van der Waals surface area contributed by atoms with Crippen LogP contribution in [0, 0.1) is 0 Å². The average molecular weight is 351 g/mol. The molecule has 4 nitrogen and oxygen atoms in total. The van der Waals surface area contributed by atoms with Crippen molar-refractivity contribution in [3.8, 4) is 0 Å². The molecule has 0 atom stereocenters. The van der Waals surface area contributed by atoms with E-state index in [0.29, 0.717) is 22.6 Å². The quantitative estimate of drug-likeness (QED) is 0.500. The van der Waals surface area contributed by atoms with Crippen LogP contribution >= 0.6 is 11.8 Å². The summed E-state index contributed by atoms with van der Waals surface area (Å²) in [4.78, 5) is 25.0. The number of anilines is 1. The second-order valence-corrected chi connectivity index (χ2v) is 6.47. The zero-order valence-corrected chi connectivity index (χ0v) is 14.5. The van der Waals surface area contributed by atoms with Crippen LogP contribution in [0.2, 0.25) is 0 Å². The van der Waals surface area contributed by atoms with Crippen molar-refractivity contribution in [2.45, 2.75) is 17.6 Å². The molecule has 0 fully saturated rings. The summed E-state index contributed by atoms with van der Waals surface area (Å²) >= 11 is 1.54. The van der Waals surface area contributed by atoms with Crippen LogP contribution in [-0.2, 0) is 5.75 Å². The molecule has 25 heavy (non-hydrogen) atoms. The highest BCUT2D eigenvalue weighted by atomic mass is 32.2. The summed E-state index contributed by atoms with van der Waals surface area (Å²) in [5.41, 5.74) is 1.76. The van der Waals surface area contributed by atoms with E-state index in [1.54, 1.807) is 48.4 Å². The zero-order chi connectivity index (χ0) is 17.6. The highest BCUT2D eigenvalue weighted by Gasteiger charge is 2.13. The molecule has 3 rings (SSSR count). The van der Waals surface area contributed by atoms with Crippen LogP contribution in [0.1, 0.15) is 33.4 Å². The number of rotatable bonds is 6. The number of ketones is 1. The fraction of sp³-hybridized carbons (Fsp3) is 0.100. The van der Waals surface area contributed by atoms with Crippen LogP contribution < -0.4 is 5.32 Å². The Morgan fingerprint density at radius 1 is 1.04 bits per heavy atom. The predicted molar refractivity (Wildman–Crippen MR) is 99.1 cm³/mol. The first kappa shape index (κ1) is 17.0. The van der Waals surface area contributed by atoms with Gasteiger partial charge in [-0.15, -0.1) is 11.8 Å². The Kier molecular flexibility index (Phi) is 5.36. The number of benzene rings is 2. The Balaban J connectivity index is 1.75. The van der Waals surface area contributed by atoms with Gasteiger partial charge in [0, 0.05) is 16.1 Å². The van der Waals surface area contributed by atoms with Crippen LogP contribution in [0.5, 0.6) is 0 Å². The molecule has 1 aromatic heterocycles. The third-order valence-corrected chi connectivity index (χ3v) is 4.70. The molecule has 5 heteroatoms. The molecule has 1 heterocycles. The molecule has 0 aliphatic heterocycles. The minimum absolute atomic E-state index is 0.0366. The lowest BCUT2D eigenvalue weighted by molar-refractivity contribution is 0.101. The number of carbonyl (C=O) groups is 2. The van der Waals surface area contributed by atoms with Crippen LogP contribution in [0.3, 0.4) is 0 Å². The Morgan fingerprint density at radius 2 is 1.88 bits per heavy atom. The van der Waals surface area contributed by atoms with Gasteiger partial charge in [0.1, 0.15) is 5.76 Å². The number of furan rings is 1. The molecule has 0 saturated heterocycles. The zero-order valence-electron chi connectivity index (χ0n) is 13.7. The summed E-state index contributed by atoms with van der Waals surface area (Å²) in [6, 6.07) is 18.1. The molecule has 0 aliphatic carbocycles. The van der Waals surface area contributed by atoms with Crippen molar-refractivity contribution in [1.29, 1.82) is 0 Å². The number of thioether (sulfide) groups is 1. The van der Waals surface area contributed by atoms with E-state index in [1.165, 1.54) is 6.92 Å². The summed E-state index contributed by atoms with van der Waals surface area (Å²) in [7, 11) is 0. The summed E-state index contributed by atoms with van der Waals surface area (Å²) in [6.07, 6.45) is 1.64. The molecule has 2 aromatic carbocycles. The van der Waals surface area contributed by atoms with E-state index in [-0.39, 0.29) is 11.7 Å². The van der Waals surface area contributed by atoms with Crippen molar-refractivity contribution in [2.75, 3.05) is 5.32 Å². The summed E-state index contributed by atoms with van der Waals surface area (Å²) < 4.78 is 5.33. The topological polar surface area (TPSA) is 59.3 Å². The molecule has 0 aliphatic rings. The van der Waals surface area contributed by atoms with Crippen molar-refractivity contribution in [3.05, 3.63) is 83.8 Å². The van der Waals surface area contributed by atoms with Gasteiger partial charge in [0.05, 0.1) is 17.6 Å². The first-order valence-corrected chi connectivity index (χ1v) is 8.78. The molecule has 3 aromatic rings. The van der Waals surface area contributed by atoms with E-state index < -0.39 is 0 Å². The van der Waals surface area contributed by atoms with E-state index in [9.17, 15) is 9.59 Å². The van der Waals surface area contributed by atoms with Gasteiger partial charge in [-0.2, -0.15) is 0 Å². The lowest BCUT2D eigenvalue weighted by atomic mass is 10.1. The highest BCUT2D eigenvalue weighted by molar-refractivity contribution is 7.98. The Bertz CT molecular complexity index is 887. The summed E-state index contributed by atoms with van der Waals surface area (Å²) in [6.45, 7) is 1.50. The SMILES string of the molecule is CC(=O)c1cccc(NC(=O)c2ccccc2SCc2ccco2)c1. The van der Waals surface area contributed by atoms with Crippen LogP contribution in [0.15, 0.2) is 76.2 Å². The fourth-order valence-electron chi connectivity index (χ4n) is 2.34. The minimum atomic E-state index is -0.205. The number of hydrogen-bond donors (Lipinski definition) is 1. The molecule has 126 valence electrons. The lowest BCUT2D eigenvalue weighted by Crippen LogP contribution is -2.13. The van der Waals surface area contributed by atoms with Gasteiger partial charge in [-0.3, -0.25) is 9.59 Å². The second-order valence-electron chi connectivity index (χ2n) is 5.46. The molecule has 0 bridgehead atoms. The van der Waals surface area contributed by atoms with Gasteiger partial charge in [-0.1, -0.05) is 24.3 Å². The smallest absolute Gasteiger partial charge is 0.256 e. The van der Waals surface area contributed by atoms with Crippen LogP contribution in [0.4, 0.5) is 5.69 Å². The fourth-order valence-corrected chi connectivity index (χ4v) is 3.29. The number of nitrogens with one attached hydrogen (secondary N) is 1. The average Bonchev–Trinajstić information content (AvgIpc) is 3.14. The highest BCUT2D eigenvalue weighted by Crippen LogP contribution is 2.27. The molecule has 0 saturated carbocycles. The van der Waals surface area contributed by atoms with Crippen molar-refractivity contribution in [3.63, 3.8) is 0 Å². The van der Waals surface area contributed by atoms with Gasteiger partial charge in [0.2, 0.25) is 0 Å². The molecular formula is C20H17NO3S. The number of Topliss-reactive ketones (excluding diaryl/α,β-unsaturated/α-hetero) is 1. The van der Waals surface area contributed by atoms with Crippen molar-refractivity contribution >= 4 is 29.1 Å². The molecule has 0 unspecified atom stereocenters. The molecule has 0 spiro atoms. The molecule has 1 amide bonds. The number of amides is 1. The maximum Gasteiger partial charge on any atom is 0.256 e. The minimum Gasteiger partial charge on any atom is -0.468 e. The van der Waals surface area contributed by atoms with Crippen molar-refractivity contribution < 1.29 is 14.0 Å². The van der Waals surface area contributed by atoms with E-state index in [4.69, 9.17) is 4.42 Å². The molecule has 0 radical (unpaired) electrons. The second kappa shape index (κ2) is 7.85. The van der Waals surface area contributed by atoms with Crippen LogP contribution in [0.25, 0.3) is 0 Å². The molecule has 1 N–H and O–H groups in total. The van der Waals surface area contributed by atoms with E-state index in [0.717, 1.165) is 10.7 Å². The Morgan fingerprint density at radius 3 is 2.64 bits per heavy atom. The Labute approximate surface area is 150 Å². The van der Waals surface area contributed by atoms with Gasteiger partial charge in [0.25, 0.3) is 5.91 Å². The third-order valence-electron chi connectivity index (χ3n) is 3.61. The first-order valence-electron chi connectivity index (χ1n) is 7.80. The summed E-state index contributed by atoms with van der Waals surface area (Å²) in [5.74, 6) is 1.26. The van der Waals surface area contributed by atoms with Crippen molar-refractivity contribution in [1.82, 2.24) is 0 Å². The number of hydrogen-bond acceptors (Lipinski definition) is 4. The largest absolute Gasteiger partial charge is 0.468 e. The monoisotopic (exact) mass is 351 g/mol. The van der Waals surface area contributed by atoms with Gasteiger partial charge < -0.3 is 9.73 Å². The Hall–Kier alpha value is -2.79. The maximum absolute atomic E-state index is 12.6. The van der Waals surface area contributed by atoms with Gasteiger partial charge >= 0.3 is 0 Å². The van der Waals surface area contributed by atoms with Crippen LogP contribution in [-0.4, -0.2) is 11.7 Å². The maximum atomic E-state index is 12.6. The standard InChI is InChI=1S/C20H17NO3S/c1-14(22)15-6-4-7-16(12-15)21-20(23)18-9-2-3-10-19(18)25-13-17-8-5-11-24-17/h2-12H,13H2,1H3,(H,21,23). The van der Waals surface area contributed by atoms with Gasteiger partial charge in [-0.05, 0) is 43.3 Å². The van der Waals surface area contributed by atoms with Crippen molar-refractivity contribution in [2.24, 2.45) is 0 Å². The molecular weight excluding hydrogens is 334 g/mol. The summed E-state index contributed by atoms with van der Waals surface area (Å²) in [5, 5.41) is 2.86. The first-order chi connectivity index (χ1) is 12.1. The van der Waals surface area contributed by atoms with E-state index >= 15 is 0 Å². The lowest BCUT2D eigenvalue weighted by Gasteiger charge is -2.10. The predicted octanol–water partition coefficient (Wildman–Crippen LogP) is 5.03. The third kappa shape index (κ3) is 4.39. The van der Waals surface area contributed by atoms with Gasteiger partial charge in [-0.25, -0.2) is 0 Å². The van der Waals surface area contributed by atoms with Gasteiger partial charge in [0.15, 0.2) is 5.78 Å². The van der Waals surface area contributed by atoms with E-state index in [2.05, 4.69) is 5.32 Å².